The molecular weight excluding hydrogens is 359 g/mol. The average Bonchev–Trinajstić information content (AvgIpc) is 2.75. The van der Waals surface area contributed by atoms with Crippen LogP contribution in [0.15, 0.2) is 29.8 Å². The summed E-state index contributed by atoms with van der Waals surface area (Å²) in [7, 11) is 0. The van der Waals surface area contributed by atoms with E-state index in [4.69, 9.17) is 4.74 Å². The Hall–Kier alpha value is -1.31. The van der Waals surface area contributed by atoms with Crippen LogP contribution in [0.25, 0.3) is 0 Å². The Kier molecular flexibility index (Phi) is 9.08. The SMILES string of the molecule is CCCCC[C@H]1CC[C@H](C2CC=C(CCc3ccc(OCC)c(F)c3)CC2)CC1. The summed E-state index contributed by atoms with van der Waals surface area (Å²) in [5.41, 5.74) is 2.67. The fourth-order valence-electron chi connectivity index (χ4n) is 5.47. The lowest BCUT2D eigenvalue weighted by Gasteiger charge is -2.35. The van der Waals surface area contributed by atoms with E-state index in [1.807, 2.05) is 13.0 Å². The summed E-state index contributed by atoms with van der Waals surface area (Å²) in [6, 6.07) is 5.44. The van der Waals surface area contributed by atoms with Crippen molar-refractivity contribution >= 4 is 0 Å². The third kappa shape index (κ3) is 6.86. The second-order valence-electron chi connectivity index (χ2n) is 9.37. The maximum Gasteiger partial charge on any atom is 0.165 e. The third-order valence-electron chi connectivity index (χ3n) is 7.35. The van der Waals surface area contributed by atoms with Gasteiger partial charge in [-0.1, -0.05) is 63.2 Å². The van der Waals surface area contributed by atoms with Crippen LogP contribution in [0.4, 0.5) is 4.39 Å². The topological polar surface area (TPSA) is 9.23 Å². The Labute approximate surface area is 178 Å². The molecule has 2 aliphatic carbocycles. The molecule has 162 valence electrons. The highest BCUT2D eigenvalue weighted by Crippen LogP contribution is 2.41. The molecule has 1 aromatic rings. The molecule has 1 saturated carbocycles. The quantitative estimate of drug-likeness (QED) is 0.284. The molecule has 0 heterocycles. The van der Waals surface area contributed by atoms with Crippen molar-refractivity contribution in [2.75, 3.05) is 6.61 Å². The Bertz CT molecular complexity index is 642. The third-order valence-corrected chi connectivity index (χ3v) is 7.35. The maximum atomic E-state index is 14.0. The van der Waals surface area contributed by atoms with E-state index in [9.17, 15) is 4.39 Å². The molecule has 3 rings (SSSR count). The van der Waals surface area contributed by atoms with Gasteiger partial charge in [0.15, 0.2) is 11.6 Å². The van der Waals surface area contributed by atoms with Crippen LogP contribution in [0.5, 0.6) is 5.75 Å². The molecule has 1 atom stereocenters. The highest BCUT2D eigenvalue weighted by molar-refractivity contribution is 5.30. The van der Waals surface area contributed by atoms with Crippen molar-refractivity contribution in [3.8, 4) is 5.75 Å². The molecule has 0 N–H and O–H groups in total. The zero-order valence-electron chi connectivity index (χ0n) is 18.7. The van der Waals surface area contributed by atoms with Crippen LogP contribution in [0.3, 0.4) is 0 Å². The first-order chi connectivity index (χ1) is 14.2. The van der Waals surface area contributed by atoms with Crippen LogP contribution in [0.1, 0.15) is 96.5 Å². The summed E-state index contributed by atoms with van der Waals surface area (Å²) in [6.07, 6.45) is 20.0. The summed E-state index contributed by atoms with van der Waals surface area (Å²) in [5.74, 6) is 3.04. The Balaban J connectivity index is 1.39. The Morgan fingerprint density at radius 2 is 1.79 bits per heavy atom. The molecule has 29 heavy (non-hydrogen) atoms. The van der Waals surface area contributed by atoms with Gasteiger partial charge >= 0.3 is 0 Å². The predicted molar refractivity (Wildman–Crippen MR) is 121 cm³/mol. The molecule has 0 aliphatic heterocycles. The summed E-state index contributed by atoms with van der Waals surface area (Å²) < 4.78 is 19.3. The number of aryl methyl sites for hydroxylation is 1. The second kappa shape index (κ2) is 11.8. The van der Waals surface area contributed by atoms with Gasteiger partial charge in [0.25, 0.3) is 0 Å². The number of ether oxygens (including phenoxy) is 1. The van der Waals surface area contributed by atoms with Gasteiger partial charge in [-0.15, -0.1) is 0 Å². The zero-order valence-corrected chi connectivity index (χ0v) is 18.7. The van der Waals surface area contributed by atoms with Gasteiger partial charge in [-0.3, -0.25) is 0 Å². The fraction of sp³-hybridized carbons (Fsp3) is 0.704. The van der Waals surface area contributed by atoms with Gasteiger partial charge in [-0.05, 0) is 87.3 Å². The number of halogens is 1. The van der Waals surface area contributed by atoms with E-state index in [-0.39, 0.29) is 5.82 Å². The minimum atomic E-state index is -0.229. The average molecular weight is 401 g/mol. The molecule has 0 saturated heterocycles. The van der Waals surface area contributed by atoms with Crippen molar-refractivity contribution < 1.29 is 9.13 Å². The van der Waals surface area contributed by atoms with Crippen molar-refractivity contribution in [1.29, 1.82) is 0 Å². The molecule has 0 radical (unpaired) electrons. The van der Waals surface area contributed by atoms with Crippen molar-refractivity contribution in [3.63, 3.8) is 0 Å². The van der Waals surface area contributed by atoms with Crippen molar-refractivity contribution in [2.45, 2.75) is 97.3 Å². The van der Waals surface area contributed by atoms with Crippen LogP contribution in [-0.4, -0.2) is 6.61 Å². The predicted octanol–water partition coefficient (Wildman–Crippen LogP) is 8.27. The van der Waals surface area contributed by atoms with E-state index < -0.39 is 0 Å². The lowest BCUT2D eigenvalue weighted by molar-refractivity contribution is 0.185. The number of unbranched alkanes of at least 4 members (excludes halogenated alkanes) is 2. The molecule has 0 amide bonds. The van der Waals surface area contributed by atoms with Crippen molar-refractivity contribution in [1.82, 2.24) is 0 Å². The van der Waals surface area contributed by atoms with Crippen LogP contribution in [-0.2, 0) is 6.42 Å². The molecule has 2 aliphatic rings. The van der Waals surface area contributed by atoms with Gasteiger partial charge in [0.2, 0.25) is 0 Å². The maximum absolute atomic E-state index is 14.0. The largest absolute Gasteiger partial charge is 0.491 e. The molecule has 0 spiro atoms. The number of benzene rings is 1. The molecule has 1 fully saturated rings. The number of hydrogen-bond donors (Lipinski definition) is 0. The monoisotopic (exact) mass is 400 g/mol. The number of rotatable bonds is 10. The van der Waals surface area contributed by atoms with E-state index in [1.165, 1.54) is 70.6 Å². The van der Waals surface area contributed by atoms with Crippen LogP contribution < -0.4 is 4.74 Å². The van der Waals surface area contributed by atoms with E-state index in [0.29, 0.717) is 12.4 Å². The van der Waals surface area contributed by atoms with Gasteiger partial charge in [0.1, 0.15) is 0 Å². The number of allylic oxidation sites excluding steroid dienone is 2. The lowest BCUT2D eigenvalue weighted by atomic mass is 9.70. The van der Waals surface area contributed by atoms with Crippen LogP contribution in [0.2, 0.25) is 0 Å². The second-order valence-corrected chi connectivity index (χ2v) is 9.37. The first kappa shape index (κ1) is 22.4. The minimum Gasteiger partial charge on any atom is -0.491 e. The molecule has 1 nitrogen and oxygen atoms in total. The fourth-order valence-corrected chi connectivity index (χ4v) is 5.47. The highest BCUT2D eigenvalue weighted by atomic mass is 19.1. The van der Waals surface area contributed by atoms with E-state index in [1.54, 1.807) is 17.7 Å². The van der Waals surface area contributed by atoms with Gasteiger partial charge in [-0.25, -0.2) is 4.39 Å². The molecule has 1 unspecified atom stereocenters. The van der Waals surface area contributed by atoms with Gasteiger partial charge in [-0.2, -0.15) is 0 Å². The van der Waals surface area contributed by atoms with Crippen LogP contribution in [0, 0.1) is 23.6 Å². The van der Waals surface area contributed by atoms with E-state index in [0.717, 1.165) is 36.2 Å². The smallest absolute Gasteiger partial charge is 0.165 e. The minimum absolute atomic E-state index is 0.229. The molecule has 0 bridgehead atoms. The highest BCUT2D eigenvalue weighted by Gasteiger charge is 2.28. The van der Waals surface area contributed by atoms with Crippen molar-refractivity contribution in [2.24, 2.45) is 17.8 Å². The van der Waals surface area contributed by atoms with Gasteiger partial charge in [0, 0.05) is 0 Å². The molecule has 2 heteroatoms. The first-order valence-corrected chi connectivity index (χ1v) is 12.3. The van der Waals surface area contributed by atoms with E-state index in [2.05, 4.69) is 13.0 Å². The Morgan fingerprint density at radius 3 is 2.45 bits per heavy atom. The lowest BCUT2D eigenvalue weighted by Crippen LogP contribution is -2.23. The van der Waals surface area contributed by atoms with Crippen molar-refractivity contribution in [3.05, 3.63) is 41.2 Å². The molecular formula is C27H41FO. The van der Waals surface area contributed by atoms with Gasteiger partial charge < -0.3 is 4.74 Å². The zero-order chi connectivity index (χ0) is 20.5. The standard InChI is InChI=1S/C27H41FO/c1-3-5-6-7-21-10-15-24(16-11-21)25-17-12-22(13-18-25)8-9-23-14-19-27(29-4-2)26(28)20-23/h12,14,19-21,24-25H,3-11,13,15-18H2,1-2H3/t21-,24-,25?. The van der Waals surface area contributed by atoms with E-state index >= 15 is 0 Å². The summed E-state index contributed by atoms with van der Waals surface area (Å²) >= 11 is 0. The number of hydrogen-bond acceptors (Lipinski definition) is 1. The van der Waals surface area contributed by atoms with Gasteiger partial charge in [0.05, 0.1) is 6.61 Å². The summed E-state index contributed by atoms with van der Waals surface area (Å²) in [6.45, 7) is 4.69. The first-order valence-electron chi connectivity index (χ1n) is 12.3. The molecule has 0 aromatic heterocycles. The summed E-state index contributed by atoms with van der Waals surface area (Å²) in [4.78, 5) is 0. The summed E-state index contributed by atoms with van der Waals surface area (Å²) in [5, 5.41) is 0. The Morgan fingerprint density at radius 1 is 0.966 bits per heavy atom. The normalized spacial score (nSPS) is 24.9. The molecule has 1 aromatic carbocycles. The van der Waals surface area contributed by atoms with Crippen LogP contribution >= 0.6 is 0 Å².